The SMILES string of the molecule is CC(=O)NC1C=C(c2ccncc2)C(=O)CC1. The van der Waals surface area contributed by atoms with Crippen molar-refractivity contribution in [3.63, 3.8) is 0 Å². The second-order valence-electron chi connectivity index (χ2n) is 4.09. The van der Waals surface area contributed by atoms with E-state index < -0.39 is 0 Å². The van der Waals surface area contributed by atoms with Crippen LogP contribution in [0.5, 0.6) is 0 Å². The molecule has 1 N–H and O–H groups in total. The highest BCUT2D eigenvalue weighted by atomic mass is 16.1. The molecule has 1 aliphatic rings. The molecular formula is C13H14N2O2. The first-order valence-corrected chi connectivity index (χ1v) is 5.59. The Morgan fingerprint density at radius 2 is 2.12 bits per heavy atom. The maximum Gasteiger partial charge on any atom is 0.217 e. The number of amides is 1. The fraction of sp³-hybridized carbons (Fsp3) is 0.308. The van der Waals surface area contributed by atoms with Gasteiger partial charge in [0.05, 0.1) is 0 Å². The summed E-state index contributed by atoms with van der Waals surface area (Å²) in [6, 6.07) is 3.56. The molecule has 0 saturated heterocycles. The zero-order chi connectivity index (χ0) is 12.3. The topological polar surface area (TPSA) is 59.1 Å². The van der Waals surface area contributed by atoms with Gasteiger partial charge in [0, 0.05) is 37.4 Å². The van der Waals surface area contributed by atoms with Gasteiger partial charge in [-0.1, -0.05) is 6.08 Å². The van der Waals surface area contributed by atoms with Crippen molar-refractivity contribution in [2.24, 2.45) is 0 Å². The molecule has 1 aliphatic carbocycles. The Balaban J connectivity index is 2.27. The van der Waals surface area contributed by atoms with E-state index >= 15 is 0 Å². The van der Waals surface area contributed by atoms with E-state index in [4.69, 9.17) is 0 Å². The van der Waals surface area contributed by atoms with E-state index in [1.165, 1.54) is 6.92 Å². The van der Waals surface area contributed by atoms with Gasteiger partial charge in [-0.3, -0.25) is 14.6 Å². The summed E-state index contributed by atoms with van der Waals surface area (Å²) in [5.74, 6) is 0.0486. The van der Waals surface area contributed by atoms with Gasteiger partial charge in [0.2, 0.25) is 5.91 Å². The molecule has 17 heavy (non-hydrogen) atoms. The van der Waals surface area contributed by atoms with Crippen LogP contribution < -0.4 is 5.32 Å². The highest BCUT2D eigenvalue weighted by Crippen LogP contribution is 2.23. The van der Waals surface area contributed by atoms with Crippen molar-refractivity contribution < 1.29 is 9.59 Å². The minimum atomic E-state index is -0.0744. The van der Waals surface area contributed by atoms with Gasteiger partial charge in [0.15, 0.2) is 5.78 Å². The number of rotatable bonds is 2. The molecule has 0 saturated carbocycles. The third-order valence-corrected chi connectivity index (χ3v) is 2.73. The molecule has 0 bridgehead atoms. The van der Waals surface area contributed by atoms with E-state index in [2.05, 4.69) is 10.3 Å². The van der Waals surface area contributed by atoms with Crippen molar-refractivity contribution in [2.75, 3.05) is 0 Å². The molecule has 1 unspecified atom stereocenters. The highest BCUT2D eigenvalue weighted by Gasteiger charge is 2.21. The monoisotopic (exact) mass is 230 g/mol. The molecule has 0 aliphatic heterocycles. The molecule has 2 rings (SSSR count). The molecule has 0 spiro atoms. The van der Waals surface area contributed by atoms with Gasteiger partial charge in [-0.15, -0.1) is 0 Å². The predicted molar refractivity (Wildman–Crippen MR) is 64.1 cm³/mol. The first kappa shape index (κ1) is 11.5. The van der Waals surface area contributed by atoms with E-state index in [1.54, 1.807) is 24.5 Å². The fourth-order valence-electron chi connectivity index (χ4n) is 1.96. The van der Waals surface area contributed by atoms with Gasteiger partial charge in [0.25, 0.3) is 0 Å². The van der Waals surface area contributed by atoms with Crippen LogP contribution in [0.3, 0.4) is 0 Å². The van der Waals surface area contributed by atoms with Crippen molar-refractivity contribution in [2.45, 2.75) is 25.8 Å². The van der Waals surface area contributed by atoms with Crippen LogP contribution in [-0.2, 0) is 9.59 Å². The lowest BCUT2D eigenvalue weighted by Gasteiger charge is -2.20. The van der Waals surface area contributed by atoms with Gasteiger partial charge in [-0.05, 0) is 24.1 Å². The van der Waals surface area contributed by atoms with Crippen molar-refractivity contribution in [1.82, 2.24) is 10.3 Å². The van der Waals surface area contributed by atoms with E-state index in [0.717, 1.165) is 5.56 Å². The number of carbonyl (C=O) groups is 2. The summed E-state index contributed by atoms with van der Waals surface area (Å²) in [6.07, 6.45) is 6.30. The van der Waals surface area contributed by atoms with Gasteiger partial charge in [-0.2, -0.15) is 0 Å². The Kier molecular flexibility index (Phi) is 3.32. The molecule has 4 heteroatoms. The molecule has 4 nitrogen and oxygen atoms in total. The minimum Gasteiger partial charge on any atom is -0.350 e. The van der Waals surface area contributed by atoms with E-state index in [-0.39, 0.29) is 17.7 Å². The number of Topliss-reactive ketones (excluding diaryl/α,β-unsaturated/α-hetero) is 1. The van der Waals surface area contributed by atoms with Gasteiger partial charge < -0.3 is 5.32 Å². The Hall–Kier alpha value is -1.97. The summed E-state index contributed by atoms with van der Waals surface area (Å²) >= 11 is 0. The third-order valence-electron chi connectivity index (χ3n) is 2.73. The van der Waals surface area contributed by atoms with Gasteiger partial charge in [-0.25, -0.2) is 0 Å². The number of ketones is 1. The lowest BCUT2D eigenvalue weighted by molar-refractivity contribution is -0.120. The van der Waals surface area contributed by atoms with Crippen LogP contribution in [0, 0.1) is 0 Å². The fourth-order valence-corrected chi connectivity index (χ4v) is 1.96. The Morgan fingerprint density at radius 3 is 2.76 bits per heavy atom. The summed E-state index contributed by atoms with van der Waals surface area (Å²) in [6.45, 7) is 1.48. The normalized spacial score (nSPS) is 19.7. The zero-order valence-electron chi connectivity index (χ0n) is 9.64. The number of hydrogen-bond donors (Lipinski definition) is 1. The minimum absolute atomic E-state index is 0.0478. The lowest BCUT2D eigenvalue weighted by atomic mass is 9.90. The summed E-state index contributed by atoms with van der Waals surface area (Å²) in [7, 11) is 0. The van der Waals surface area contributed by atoms with Crippen LogP contribution in [0.15, 0.2) is 30.6 Å². The Bertz CT molecular complexity index is 466. The first-order chi connectivity index (χ1) is 8.16. The van der Waals surface area contributed by atoms with Crippen molar-refractivity contribution in [3.05, 3.63) is 36.2 Å². The maximum atomic E-state index is 11.8. The number of allylic oxidation sites excluding steroid dienone is 1. The first-order valence-electron chi connectivity index (χ1n) is 5.59. The number of aromatic nitrogens is 1. The maximum absolute atomic E-state index is 11.8. The quantitative estimate of drug-likeness (QED) is 0.833. The second-order valence-corrected chi connectivity index (χ2v) is 4.09. The molecule has 0 radical (unpaired) electrons. The second kappa shape index (κ2) is 4.91. The summed E-state index contributed by atoms with van der Waals surface area (Å²) < 4.78 is 0. The smallest absolute Gasteiger partial charge is 0.217 e. The number of hydrogen-bond acceptors (Lipinski definition) is 3. The summed E-state index contributed by atoms with van der Waals surface area (Å²) in [4.78, 5) is 26.8. The average Bonchev–Trinajstić information content (AvgIpc) is 2.32. The molecule has 1 aromatic heterocycles. The molecule has 0 fully saturated rings. The molecule has 1 heterocycles. The van der Waals surface area contributed by atoms with Gasteiger partial charge in [0.1, 0.15) is 0 Å². The van der Waals surface area contributed by atoms with Crippen LogP contribution in [0.4, 0.5) is 0 Å². The zero-order valence-corrected chi connectivity index (χ0v) is 9.64. The Labute approximate surface area is 99.7 Å². The average molecular weight is 230 g/mol. The largest absolute Gasteiger partial charge is 0.350 e. The summed E-state index contributed by atoms with van der Waals surface area (Å²) in [5.41, 5.74) is 1.54. The molecule has 1 aromatic rings. The molecule has 0 aromatic carbocycles. The lowest BCUT2D eigenvalue weighted by Crippen LogP contribution is -2.34. The summed E-state index contributed by atoms with van der Waals surface area (Å²) in [5, 5.41) is 2.82. The standard InChI is InChI=1S/C13H14N2O2/c1-9(16)15-11-2-3-13(17)12(8-11)10-4-6-14-7-5-10/h4-8,11H,2-3H2,1H3,(H,15,16). The highest BCUT2D eigenvalue weighted by molar-refractivity contribution is 6.21. The van der Waals surface area contributed by atoms with Crippen molar-refractivity contribution >= 4 is 17.3 Å². The third kappa shape index (κ3) is 2.78. The van der Waals surface area contributed by atoms with Crippen LogP contribution in [0.1, 0.15) is 25.3 Å². The molecule has 1 amide bonds. The number of nitrogens with zero attached hydrogens (tertiary/aromatic N) is 1. The predicted octanol–water partition coefficient (Wildman–Crippen LogP) is 1.33. The van der Waals surface area contributed by atoms with Crippen LogP contribution in [-0.4, -0.2) is 22.7 Å². The molecular weight excluding hydrogens is 216 g/mol. The van der Waals surface area contributed by atoms with Crippen molar-refractivity contribution in [3.8, 4) is 0 Å². The van der Waals surface area contributed by atoms with Crippen molar-refractivity contribution in [1.29, 1.82) is 0 Å². The van der Waals surface area contributed by atoms with Crippen LogP contribution in [0.2, 0.25) is 0 Å². The van der Waals surface area contributed by atoms with E-state index in [9.17, 15) is 9.59 Å². The number of nitrogens with one attached hydrogen (secondary N) is 1. The van der Waals surface area contributed by atoms with E-state index in [1.807, 2.05) is 6.08 Å². The molecule has 1 atom stereocenters. The van der Waals surface area contributed by atoms with Gasteiger partial charge >= 0.3 is 0 Å². The number of pyridine rings is 1. The molecule has 88 valence electrons. The Morgan fingerprint density at radius 1 is 1.41 bits per heavy atom. The number of carbonyl (C=O) groups excluding carboxylic acids is 2. The van der Waals surface area contributed by atoms with E-state index in [0.29, 0.717) is 18.4 Å². The van der Waals surface area contributed by atoms with Crippen LogP contribution in [0.25, 0.3) is 5.57 Å². The van der Waals surface area contributed by atoms with Crippen LogP contribution >= 0.6 is 0 Å².